The van der Waals surface area contributed by atoms with E-state index in [-0.39, 0.29) is 21.9 Å². The summed E-state index contributed by atoms with van der Waals surface area (Å²) in [7, 11) is 0. The van der Waals surface area contributed by atoms with Gasteiger partial charge in [-0.15, -0.1) is 0 Å². The van der Waals surface area contributed by atoms with E-state index in [2.05, 4.69) is 5.32 Å². The SMILES string of the molecule is O=C1NC2(CCOCC2)C(=O)C1c1cc(-c2cc(F)c(F)c(F)c2)ccc1Cl. The summed E-state index contributed by atoms with van der Waals surface area (Å²) in [6.45, 7) is 0.724. The normalized spacial score (nSPS) is 21.2. The molecule has 2 heterocycles. The number of Topliss-reactive ketones (excluding diaryl/α,β-unsaturated/α-hetero) is 1. The van der Waals surface area contributed by atoms with E-state index in [9.17, 15) is 22.8 Å². The zero-order valence-corrected chi connectivity index (χ0v) is 15.3. The molecule has 0 radical (unpaired) electrons. The molecule has 2 aliphatic heterocycles. The number of amides is 1. The van der Waals surface area contributed by atoms with E-state index in [1.165, 1.54) is 18.2 Å². The number of halogens is 4. The lowest BCUT2D eigenvalue weighted by Crippen LogP contribution is -2.50. The molecule has 0 aromatic heterocycles. The second-order valence-corrected chi connectivity index (χ2v) is 7.38. The zero-order valence-electron chi connectivity index (χ0n) is 14.5. The minimum Gasteiger partial charge on any atom is -0.381 e. The molecule has 146 valence electrons. The third-order valence-electron chi connectivity index (χ3n) is 5.33. The Bertz CT molecular complexity index is 966. The van der Waals surface area contributed by atoms with Gasteiger partial charge in [-0.1, -0.05) is 17.7 Å². The smallest absolute Gasteiger partial charge is 0.236 e. The number of ketones is 1. The summed E-state index contributed by atoms with van der Waals surface area (Å²) >= 11 is 6.24. The summed E-state index contributed by atoms with van der Waals surface area (Å²) in [4.78, 5) is 25.7. The topological polar surface area (TPSA) is 55.4 Å². The third-order valence-corrected chi connectivity index (χ3v) is 5.67. The first-order valence-electron chi connectivity index (χ1n) is 8.71. The lowest BCUT2D eigenvalue weighted by molar-refractivity contribution is -0.127. The molecule has 1 amide bonds. The molecule has 0 aliphatic carbocycles. The second-order valence-electron chi connectivity index (χ2n) is 6.97. The number of rotatable bonds is 2. The molecule has 1 atom stereocenters. The van der Waals surface area contributed by atoms with Crippen molar-refractivity contribution < 1.29 is 27.5 Å². The highest BCUT2D eigenvalue weighted by Gasteiger charge is 2.53. The monoisotopic (exact) mass is 409 g/mol. The minimum atomic E-state index is -1.57. The van der Waals surface area contributed by atoms with Crippen molar-refractivity contribution in [1.82, 2.24) is 5.32 Å². The van der Waals surface area contributed by atoms with Gasteiger partial charge in [0.1, 0.15) is 11.5 Å². The molecule has 8 heteroatoms. The molecule has 1 spiro atoms. The minimum absolute atomic E-state index is 0.0703. The molecule has 1 N–H and O–H groups in total. The van der Waals surface area contributed by atoms with Crippen LogP contribution in [0.2, 0.25) is 5.02 Å². The summed E-state index contributed by atoms with van der Waals surface area (Å²) in [5.41, 5.74) is -0.352. The Labute approximate surface area is 163 Å². The molecule has 2 aliphatic rings. The van der Waals surface area contributed by atoms with E-state index in [1.807, 2.05) is 0 Å². The van der Waals surface area contributed by atoms with Crippen LogP contribution in [0, 0.1) is 17.5 Å². The molecular formula is C20H15ClF3NO3. The van der Waals surface area contributed by atoms with Crippen LogP contribution >= 0.6 is 11.6 Å². The van der Waals surface area contributed by atoms with Crippen LogP contribution in [0.3, 0.4) is 0 Å². The highest BCUT2D eigenvalue weighted by Crippen LogP contribution is 2.39. The van der Waals surface area contributed by atoms with E-state index < -0.39 is 34.8 Å². The van der Waals surface area contributed by atoms with E-state index in [1.54, 1.807) is 0 Å². The maximum atomic E-state index is 13.6. The van der Waals surface area contributed by atoms with Crippen molar-refractivity contribution in [3.05, 3.63) is 58.4 Å². The second kappa shape index (κ2) is 6.90. The summed E-state index contributed by atoms with van der Waals surface area (Å²) in [5, 5.41) is 2.97. The van der Waals surface area contributed by atoms with Crippen LogP contribution in [0.1, 0.15) is 24.3 Å². The zero-order chi connectivity index (χ0) is 20.1. The molecule has 0 saturated carbocycles. The van der Waals surface area contributed by atoms with E-state index in [0.29, 0.717) is 31.6 Å². The van der Waals surface area contributed by atoms with E-state index >= 15 is 0 Å². The van der Waals surface area contributed by atoms with Crippen molar-refractivity contribution in [2.75, 3.05) is 13.2 Å². The molecule has 4 rings (SSSR count). The number of carbonyl (C=O) groups excluding carboxylic acids is 2. The Kier molecular flexibility index (Phi) is 4.67. The lowest BCUT2D eigenvalue weighted by Gasteiger charge is -2.31. The van der Waals surface area contributed by atoms with Gasteiger partial charge in [-0.2, -0.15) is 0 Å². The van der Waals surface area contributed by atoms with Gasteiger partial charge in [0.15, 0.2) is 23.2 Å². The Balaban J connectivity index is 1.76. The average Bonchev–Trinajstić information content (AvgIpc) is 2.90. The average molecular weight is 410 g/mol. The molecule has 2 aromatic rings. The predicted octanol–water partition coefficient (Wildman–Crippen LogP) is 3.76. The van der Waals surface area contributed by atoms with Crippen LogP contribution in [0.5, 0.6) is 0 Å². The molecule has 1 unspecified atom stereocenters. The molecular weight excluding hydrogens is 395 g/mol. The highest BCUT2D eigenvalue weighted by molar-refractivity contribution is 6.33. The number of carbonyl (C=O) groups is 2. The molecule has 2 saturated heterocycles. The van der Waals surface area contributed by atoms with Gasteiger partial charge in [0.25, 0.3) is 0 Å². The number of hydrogen-bond donors (Lipinski definition) is 1. The van der Waals surface area contributed by atoms with Crippen LogP contribution in [-0.2, 0) is 14.3 Å². The van der Waals surface area contributed by atoms with Gasteiger partial charge >= 0.3 is 0 Å². The van der Waals surface area contributed by atoms with Crippen molar-refractivity contribution in [2.45, 2.75) is 24.3 Å². The van der Waals surface area contributed by atoms with Gasteiger partial charge in [0.05, 0.1) is 0 Å². The standard InChI is InChI=1S/C20H15ClF3NO3/c21-13-2-1-10(11-8-14(22)17(24)15(23)9-11)7-12(13)16-18(26)20(25-19(16)27)3-5-28-6-4-20/h1-2,7-9,16H,3-6H2,(H,25,27). The van der Waals surface area contributed by atoms with Crippen LogP contribution in [0.25, 0.3) is 11.1 Å². The number of hydrogen-bond acceptors (Lipinski definition) is 3. The van der Waals surface area contributed by atoms with Crippen LogP contribution < -0.4 is 5.32 Å². The number of benzene rings is 2. The Hall–Kier alpha value is -2.38. The van der Waals surface area contributed by atoms with Crippen LogP contribution in [-0.4, -0.2) is 30.4 Å². The molecule has 2 aromatic carbocycles. The number of nitrogens with one attached hydrogen (secondary N) is 1. The fourth-order valence-corrected chi connectivity index (χ4v) is 4.03. The van der Waals surface area contributed by atoms with E-state index in [0.717, 1.165) is 12.1 Å². The van der Waals surface area contributed by atoms with Gasteiger partial charge in [0.2, 0.25) is 5.91 Å². The van der Waals surface area contributed by atoms with Gasteiger partial charge < -0.3 is 10.1 Å². The van der Waals surface area contributed by atoms with Crippen molar-refractivity contribution in [3.8, 4) is 11.1 Å². The molecule has 2 fully saturated rings. The largest absolute Gasteiger partial charge is 0.381 e. The Morgan fingerprint density at radius 3 is 2.29 bits per heavy atom. The highest BCUT2D eigenvalue weighted by atomic mass is 35.5. The van der Waals surface area contributed by atoms with Crippen LogP contribution in [0.15, 0.2) is 30.3 Å². The lowest BCUT2D eigenvalue weighted by atomic mass is 9.81. The maximum absolute atomic E-state index is 13.6. The van der Waals surface area contributed by atoms with Crippen molar-refractivity contribution in [1.29, 1.82) is 0 Å². The molecule has 4 nitrogen and oxygen atoms in total. The fourth-order valence-electron chi connectivity index (χ4n) is 3.81. The van der Waals surface area contributed by atoms with Crippen molar-refractivity contribution >= 4 is 23.3 Å². The first-order chi connectivity index (χ1) is 13.3. The van der Waals surface area contributed by atoms with Gasteiger partial charge in [-0.25, -0.2) is 13.2 Å². The van der Waals surface area contributed by atoms with E-state index in [4.69, 9.17) is 16.3 Å². The van der Waals surface area contributed by atoms with Gasteiger partial charge in [0, 0.05) is 31.1 Å². The maximum Gasteiger partial charge on any atom is 0.236 e. The van der Waals surface area contributed by atoms with Crippen molar-refractivity contribution in [2.24, 2.45) is 0 Å². The Morgan fingerprint density at radius 1 is 1.00 bits per heavy atom. The number of ether oxygens (including phenoxy) is 1. The van der Waals surface area contributed by atoms with Gasteiger partial charge in [-0.05, 0) is 41.0 Å². The third kappa shape index (κ3) is 2.99. The summed E-state index contributed by atoms with van der Waals surface area (Å²) in [6.07, 6.45) is 0.750. The summed E-state index contributed by atoms with van der Waals surface area (Å²) in [6, 6.07) is 6.07. The first kappa shape index (κ1) is 19.0. The fraction of sp³-hybridized carbons (Fsp3) is 0.300. The summed E-state index contributed by atoms with van der Waals surface area (Å²) in [5.74, 6) is -6.12. The Morgan fingerprint density at radius 2 is 1.64 bits per heavy atom. The molecule has 0 bridgehead atoms. The van der Waals surface area contributed by atoms with Gasteiger partial charge in [-0.3, -0.25) is 9.59 Å². The first-order valence-corrected chi connectivity index (χ1v) is 9.09. The quantitative estimate of drug-likeness (QED) is 0.607. The predicted molar refractivity (Wildman–Crippen MR) is 95.4 cm³/mol. The van der Waals surface area contributed by atoms with Crippen LogP contribution in [0.4, 0.5) is 13.2 Å². The summed E-state index contributed by atoms with van der Waals surface area (Å²) < 4.78 is 45.7. The molecule has 28 heavy (non-hydrogen) atoms. The van der Waals surface area contributed by atoms with Crippen molar-refractivity contribution in [3.63, 3.8) is 0 Å².